The number of fused-ring (bicyclic) bond motifs is 1. The predicted octanol–water partition coefficient (Wildman–Crippen LogP) is 1.17. The summed E-state index contributed by atoms with van der Waals surface area (Å²) >= 11 is 0. The number of anilines is 2. The minimum atomic E-state index is -1.00. The van der Waals surface area contributed by atoms with Crippen molar-refractivity contribution in [2.45, 2.75) is 31.7 Å². The minimum absolute atomic E-state index is 0.0717. The van der Waals surface area contributed by atoms with Crippen LogP contribution in [-0.2, 0) is 9.59 Å². The lowest BCUT2D eigenvalue weighted by atomic mass is 10.0. The number of carbonyl (C=O) groups is 5. The first-order chi connectivity index (χ1) is 17.3. The molecule has 11 nitrogen and oxygen atoms in total. The average Bonchev–Trinajstić information content (AvgIpc) is 3.11. The second kappa shape index (κ2) is 10.5. The summed E-state index contributed by atoms with van der Waals surface area (Å²) < 4.78 is 0. The fraction of sp³-hybridized carbons (Fsp3) is 0.360. The Morgan fingerprint density at radius 1 is 1.08 bits per heavy atom. The molecule has 1 atom stereocenters. The Morgan fingerprint density at radius 2 is 1.86 bits per heavy atom. The molecule has 0 radical (unpaired) electrons. The lowest BCUT2D eigenvalue weighted by Crippen LogP contribution is -2.54. The molecule has 5 amide bonds. The Kier molecular flexibility index (Phi) is 7.28. The Morgan fingerprint density at radius 3 is 2.61 bits per heavy atom. The largest absolute Gasteiger partial charge is 0.384 e. The zero-order valence-corrected chi connectivity index (χ0v) is 20.2. The van der Waals surface area contributed by atoms with Crippen LogP contribution in [0.5, 0.6) is 0 Å². The molecule has 0 spiro atoms. The van der Waals surface area contributed by atoms with Crippen LogP contribution in [0.4, 0.5) is 11.4 Å². The number of pyridine rings is 1. The maximum Gasteiger partial charge on any atom is 0.272 e. The molecule has 2 aliphatic heterocycles. The van der Waals surface area contributed by atoms with Crippen LogP contribution >= 0.6 is 0 Å². The molecule has 0 aliphatic carbocycles. The summed E-state index contributed by atoms with van der Waals surface area (Å²) in [6.07, 6.45) is 3.15. The van der Waals surface area contributed by atoms with Crippen molar-refractivity contribution in [1.29, 1.82) is 0 Å². The van der Waals surface area contributed by atoms with Crippen LogP contribution in [0.1, 0.15) is 56.9 Å². The van der Waals surface area contributed by atoms with E-state index in [2.05, 4.69) is 20.9 Å². The van der Waals surface area contributed by atoms with Crippen LogP contribution in [0.15, 0.2) is 36.5 Å². The summed E-state index contributed by atoms with van der Waals surface area (Å²) in [4.78, 5) is 69.2. The van der Waals surface area contributed by atoms with E-state index in [0.29, 0.717) is 37.3 Å². The first-order valence-corrected chi connectivity index (χ1v) is 11.8. The molecule has 3 heterocycles. The second-order valence-corrected chi connectivity index (χ2v) is 8.83. The van der Waals surface area contributed by atoms with Crippen LogP contribution in [0, 0.1) is 0 Å². The van der Waals surface area contributed by atoms with Crippen molar-refractivity contribution >= 4 is 40.9 Å². The third-order valence-electron chi connectivity index (χ3n) is 6.16. The average molecular weight is 493 g/mol. The molecular weight excluding hydrogens is 464 g/mol. The van der Waals surface area contributed by atoms with Crippen molar-refractivity contribution in [3.8, 4) is 0 Å². The number of carbonyl (C=O) groups excluding carboxylic acids is 5. The van der Waals surface area contributed by atoms with Gasteiger partial charge in [0.15, 0.2) is 5.69 Å². The summed E-state index contributed by atoms with van der Waals surface area (Å²) in [5.41, 5.74) is 2.07. The molecule has 1 saturated heterocycles. The highest BCUT2D eigenvalue weighted by Crippen LogP contribution is 2.32. The molecule has 1 fully saturated rings. The van der Waals surface area contributed by atoms with Crippen LogP contribution in [0.2, 0.25) is 0 Å². The van der Waals surface area contributed by atoms with E-state index in [4.69, 9.17) is 0 Å². The van der Waals surface area contributed by atoms with Gasteiger partial charge >= 0.3 is 0 Å². The van der Waals surface area contributed by atoms with Gasteiger partial charge in [-0.15, -0.1) is 0 Å². The summed E-state index contributed by atoms with van der Waals surface area (Å²) in [7, 11) is 3.70. The third kappa shape index (κ3) is 4.90. The van der Waals surface area contributed by atoms with Crippen molar-refractivity contribution in [3.63, 3.8) is 0 Å². The SMILES string of the molecule is CN(C)c1cccnc1C(=O)NCCCCNc1cccc2c1C(=O)N(C1CCC(=O)NC1=O)C2=O. The van der Waals surface area contributed by atoms with E-state index < -0.39 is 29.7 Å². The number of aromatic nitrogens is 1. The van der Waals surface area contributed by atoms with Crippen molar-refractivity contribution in [3.05, 3.63) is 53.3 Å². The molecular formula is C25H28N6O5. The maximum absolute atomic E-state index is 13.1. The molecule has 2 aromatic rings. The standard InChI is InChI=1S/C25H28N6O5/c1-30(2)17-9-6-14-27-21(17)23(34)28-13-4-3-12-26-16-8-5-7-15-20(16)25(36)31(24(15)35)18-10-11-19(32)29-22(18)33/h5-9,14,18,26H,3-4,10-13H2,1-2H3,(H,28,34)(H,29,32,33). The summed E-state index contributed by atoms with van der Waals surface area (Å²) in [6, 6.07) is 7.55. The van der Waals surface area contributed by atoms with Crippen molar-refractivity contribution in [2.75, 3.05) is 37.4 Å². The highest BCUT2D eigenvalue weighted by Gasteiger charge is 2.45. The number of hydrogen-bond acceptors (Lipinski definition) is 8. The maximum atomic E-state index is 13.1. The fourth-order valence-corrected chi connectivity index (χ4v) is 4.35. The number of imide groups is 2. The lowest BCUT2D eigenvalue weighted by molar-refractivity contribution is -0.136. The smallest absolute Gasteiger partial charge is 0.272 e. The van der Waals surface area contributed by atoms with Gasteiger partial charge in [-0.05, 0) is 43.5 Å². The van der Waals surface area contributed by atoms with Gasteiger partial charge in [-0.2, -0.15) is 0 Å². The molecule has 2 aliphatic rings. The Balaban J connectivity index is 1.31. The third-order valence-corrected chi connectivity index (χ3v) is 6.16. The van der Waals surface area contributed by atoms with Crippen LogP contribution in [0.3, 0.4) is 0 Å². The first-order valence-electron chi connectivity index (χ1n) is 11.8. The molecule has 4 rings (SSSR count). The predicted molar refractivity (Wildman–Crippen MR) is 132 cm³/mol. The number of hydrogen-bond donors (Lipinski definition) is 3. The van der Waals surface area contributed by atoms with Gasteiger partial charge in [0.05, 0.1) is 16.8 Å². The summed E-state index contributed by atoms with van der Waals surface area (Å²) in [5.74, 6) is -2.38. The number of nitrogens with zero attached hydrogens (tertiary/aromatic N) is 3. The Labute approximate surface area is 208 Å². The van der Waals surface area contributed by atoms with Crippen molar-refractivity contribution < 1.29 is 24.0 Å². The molecule has 1 aromatic carbocycles. The number of rotatable bonds is 9. The topological polar surface area (TPSA) is 141 Å². The highest BCUT2D eigenvalue weighted by atomic mass is 16.2. The summed E-state index contributed by atoms with van der Waals surface area (Å²) in [5, 5.41) is 8.26. The van der Waals surface area contributed by atoms with Crippen LogP contribution < -0.4 is 20.9 Å². The molecule has 11 heteroatoms. The summed E-state index contributed by atoms with van der Waals surface area (Å²) in [6.45, 7) is 0.969. The highest BCUT2D eigenvalue weighted by molar-refractivity contribution is 6.25. The van der Waals surface area contributed by atoms with E-state index in [9.17, 15) is 24.0 Å². The molecule has 1 unspecified atom stereocenters. The Hall–Kier alpha value is -4.28. The molecule has 3 N–H and O–H groups in total. The minimum Gasteiger partial charge on any atom is -0.384 e. The van der Waals surface area contributed by atoms with Gasteiger partial charge in [0.1, 0.15) is 6.04 Å². The van der Waals surface area contributed by atoms with E-state index in [1.54, 1.807) is 30.5 Å². The normalized spacial score (nSPS) is 17.1. The van der Waals surface area contributed by atoms with E-state index >= 15 is 0 Å². The number of piperidine rings is 1. The van der Waals surface area contributed by atoms with Gasteiger partial charge in [-0.25, -0.2) is 4.98 Å². The van der Waals surface area contributed by atoms with Gasteiger partial charge in [-0.3, -0.25) is 34.2 Å². The number of nitrogens with one attached hydrogen (secondary N) is 3. The van der Waals surface area contributed by atoms with Crippen molar-refractivity contribution in [1.82, 2.24) is 20.5 Å². The number of amides is 5. The molecule has 0 saturated carbocycles. The molecule has 36 heavy (non-hydrogen) atoms. The van der Waals surface area contributed by atoms with Gasteiger partial charge < -0.3 is 15.5 Å². The van der Waals surface area contributed by atoms with Gasteiger partial charge in [0.25, 0.3) is 17.7 Å². The monoisotopic (exact) mass is 492 g/mol. The van der Waals surface area contributed by atoms with E-state index in [1.165, 1.54) is 0 Å². The van der Waals surface area contributed by atoms with Gasteiger partial charge in [0, 0.05) is 45.5 Å². The molecule has 0 bridgehead atoms. The van der Waals surface area contributed by atoms with Crippen LogP contribution in [0.25, 0.3) is 0 Å². The first kappa shape index (κ1) is 24.8. The van der Waals surface area contributed by atoms with E-state index in [-0.39, 0.29) is 29.9 Å². The van der Waals surface area contributed by atoms with Gasteiger partial charge in [-0.1, -0.05) is 6.07 Å². The lowest BCUT2D eigenvalue weighted by Gasteiger charge is -2.27. The zero-order valence-electron chi connectivity index (χ0n) is 20.2. The van der Waals surface area contributed by atoms with Gasteiger partial charge in [0.2, 0.25) is 11.8 Å². The molecule has 188 valence electrons. The van der Waals surface area contributed by atoms with E-state index in [0.717, 1.165) is 10.6 Å². The Bertz CT molecular complexity index is 1230. The fourth-order valence-electron chi connectivity index (χ4n) is 4.35. The van der Waals surface area contributed by atoms with Crippen LogP contribution in [-0.4, -0.2) is 72.6 Å². The van der Waals surface area contributed by atoms with E-state index in [1.807, 2.05) is 25.1 Å². The number of benzene rings is 1. The second-order valence-electron chi connectivity index (χ2n) is 8.83. The zero-order chi connectivity index (χ0) is 25.8. The molecule has 1 aromatic heterocycles. The number of unbranched alkanes of at least 4 members (excludes halogenated alkanes) is 1. The quantitative estimate of drug-likeness (QED) is 0.350. The van der Waals surface area contributed by atoms with Crippen molar-refractivity contribution in [2.24, 2.45) is 0 Å².